The highest BCUT2D eigenvalue weighted by molar-refractivity contribution is 7.18. The number of furan rings is 1. The van der Waals surface area contributed by atoms with Gasteiger partial charge in [0.1, 0.15) is 0 Å². The van der Waals surface area contributed by atoms with Gasteiger partial charge >= 0.3 is 0 Å². The van der Waals surface area contributed by atoms with Crippen molar-refractivity contribution in [1.29, 1.82) is 0 Å². The molecule has 4 rings (SSSR count). The Bertz CT molecular complexity index is 957. The first-order valence-corrected chi connectivity index (χ1v) is 11.2. The Morgan fingerprint density at radius 2 is 2.21 bits per heavy atom. The lowest BCUT2D eigenvalue weighted by Crippen LogP contribution is -2.36. The third-order valence-electron chi connectivity index (χ3n) is 4.76. The Hall–Kier alpha value is -2.42. The monoisotopic (exact) mass is 430 g/mol. The van der Waals surface area contributed by atoms with Crippen LogP contribution in [0.15, 0.2) is 46.4 Å². The molecular formula is C21H22N2O4S2. The van der Waals surface area contributed by atoms with E-state index in [-0.39, 0.29) is 23.7 Å². The van der Waals surface area contributed by atoms with Crippen molar-refractivity contribution in [3.8, 4) is 0 Å². The van der Waals surface area contributed by atoms with Gasteiger partial charge in [-0.1, -0.05) is 6.07 Å². The lowest BCUT2D eigenvalue weighted by atomic mass is 10.2. The first kappa shape index (κ1) is 19.9. The second-order valence-corrected chi connectivity index (χ2v) is 9.04. The maximum atomic E-state index is 13.4. The van der Waals surface area contributed by atoms with E-state index in [0.29, 0.717) is 23.0 Å². The molecule has 1 aliphatic rings. The molecule has 1 atom stereocenters. The molecule has 2 amide bonds. The van der Waals surface area contributed by atoms with E-state index < -0.39 is 0 Å². The zero-order valence-corrected chi connectivity index (χ0v) is 17.7. The Morgan fingerprint density at radius 3 is 2.90 bits per heavy atom. The molecule has 0 aromatic carbocycles. The fourth-order valence-corrected chi connectivity index (χ4v) is 5.08. The van der Waals surface area contributed by atoms with Gasteiger partial charge < -0.3 is 19.4 Å². The van der Waals surface area contributed by atoms with Crippen LogP contribution in [0.4, 0.5) is 5.00 Å². The number of anilines is 1. The summed E-state index contributed by atoms with van der Waals surface area (Å²) in [4.78, 5) is 29.2. The Morgan fingerprint density at radius 1 is 1.31 bits per heavy atom. The predicted molar refractivity (Wildman–Crippen MR) is 114 cm³/mol. The molecular weight excluding hydrogens is 408 g/mol. The van der Waals surface area contributed by atoms with Crippen LogP contribution in [0.3, 0.4) is 0 Å². The first-order chi connectivity index (χ1) is 14.1. The molecule has 3 aromatic heterocycles. The number of ether oxygens (including phenoxy) is 1. The normalized spacial score (nSPS) is 16.1. The van der Waals surface area contributed by atoms with Crippen molar-refractivity contribution < 1.29 is 18.7 Å². The maximum absolute atomic E-state index is 13.4. The zero-order valence-electron chi connectivity index (χ0n) is 16.1. The highest BCUT2D eigenvalue weighted by Crippen LogP contribution is 2.29. The minimum absolute atomic E-state index is 0.0325. The van der Waals surface area contributed by atoms with Crippen molar-refractivity contribution in [3.05, 3.63) is 63.1 Å². The van der Waals surface area contributed by atoms with E-state index in [0.717, 1.165) is 29.9 Å². The smallest absolute Gasteiger partial charge is 0.291 e. The molecule has 1 fully saturated rings. The number of carbonyl (C=O) groups excluding carboxylic acids is 2. The van der Waals surface area contributed by atoms with Crippen molar-refractivity contribution in [3.63, 3.8) is 0 Å². The fraction of sp³-hybridized carbons (Fsp3) is 0.333. The molecule has 0 saturated carbocycles. The second-order valence-electron chi connectivity index (χ2n) is 6.95. The minimum Gasteiger partial charge on any atom is -0.459 e. The van der Waals surface area contributed by atoms with Gasteiger partial charge in [0, 0.05) is 18.0 Å². The van der Waals surface area contributed by atoms with Gasteiger partial charge in [-0.3, -0.25) is 9.59 Å². The molecule has 0 bridgehead atoms. The van der Waals surface area contributed by atoms with Crippen molar-refractivity contribution in [2.45, 2.75) is 32.4 Å². The number of aryl methyl sites for hydroxylation is 1. The van der Waals surface area contributed by atoms with Crippen LogP contribution in [0, 0.1) is 6.92 Å². The second kappa shape index (κ2) is 8.94. The number of nitrogens with one attached hydrogen (secondary N) is 1. The number of carbonyl (C=O) groups is 2. The van der Waals surface area contributed by atoms with Gasteiger partial charge in [-0.25, -0.2) is 0 Å². The topological polar surface area (TPSA) is 71.8 Å². The molecule has 0 spiro atoms. The summed E-state index contributed by atoms with van der Waals surface area (Å²) in [6, 6.07) is 9.13. The van der Waals surface area contributed by atoms with Crippen LogP contribution in [0.5, 0.6) is 0 Å². The Kier molecular flexibility index (Phi) is 6.13. The largest absolute Gasteiger partial charge is 0.459 e. The van der Waals surface area contributed by atoms with E-state index in [1.807, 2.05) is 35.4 Å². The molecule has 0 radical (unpaired) electrons. The highest BCUT2D eigenvalue weighted by Gasteiger charge is 2.26. The van der Waals surface area contributed by atoms with E-state index >= 15 is 0 Å². The summed E-state index contributed by atoms with van der Waals surface area (Å²) in [5.74, 6) is -0.124. The first-order valence-electron chi connectivity index (χ1n) is 9.48. The van der Waals surface area contributed by atoms with E-state index in [1.54, 1.807) is 23.5 Å². The fourth-order valence-electron chi connectivity index (χ4n) is 3.32. The molecule has 6 nitrogen and oxygen atoms in total. The molecule has 1 saturated heterocycles. The molecule has 1 unspecified atom stereocenters. The van der Waals surface area contributed by atoms with Crippen molar-refractivity contribution in [2.75, 3.05) is 18.5 Å². The third-order valence-corrected chi connectivity index (χ3v) is 6.76. The van der Waals surface area contributed by atoms with Crippen molar-refractivity contribution in [2.24, 2.45) is 0 Å². The lowest BCUT2D eigenvalue weighted by molar-refractivity contribution is 0.0513. The van der Waals surface area contributed by atoms with Gasteiger partial charge in [0.15, 0.2) is 5.76 Å². The van der Waals surface area contributed by atoms with Gasteiger partial charge in [-0.05, 0) is 55.0 Å². The van der Waals surface area contributed by atoms with Gasteiger partial charge in [0.05, 0.1) is 28.8 Å². The SMILES string of the molecule is Cc1cc(NC(=O)c2ccco2)sc1C(=O)N(Cc1cccs1)CC1CCCO1. The Labute approximate surface area is 177 Å². The van der Waals surface area contributed by atoms with Crippen LogP contribution in [0.25, 0.3) is 0 Å². The number of hydrogen-bond donors (Lipinski definition) is 1. The summed E-state index contributed by atoms with van der Waals surface area (Å²) < 4.78 is 10.9. The van der Waals surface area contributed by atoms with Crippen LogP contribution in [0.1, 0.15) is 43.5 Å². The molecule has 1 aliphatic heterocycles. The minimum atomic E-state index is -0.329. The molecule has 3 aromatic rings. The summed E-state index contributed by atoms with van der Waals surface area (Å²) >= 11 is 2.93. The van der Waals surface area contributed by atoms with E-state index in [2.05, 4.69) is 5.32 Å². The van der Waals surface area contributed by atoms with Crippen LogP contribution < -0.4 is 5.32 Å². The van der Waals surface area contributed by atoms with Gasteiger partial charge in [0.25, 0.3) is 11.8 Å². The third kappa shape index (κ3) is 4.77. The quantitative estimate of drug-likeness (QED) is 0.585. The average molecular weight is 431 g/mol. The molecule has 4 heterocycles. The predicted octanol–water partition coefficient (Wildman–Crippen LogP) is 4.78. The molecule has 29 heavy (non-hydrogen) atoms. The molecule has 0 aliphatic carbocycles. The highest BCUT2D eigenvalue weighted by atomic mass is 32.1. The van der Waals surface area contributed by atoms with Crippen LogP contribution in [-0.2, 0) is 11.3 Å². The van der Waals surface area contributed by atoms with E-state index in [4.69, 9.17) is 9.15 Å². The summed E-state index contributed by atoms with van der Waals surface area (Å²) in [6.45, 7) is 3.78. The standard InChI is InChI=1S/C21H22N2O4S2/c1-14-11-18(22-20(24)17-7-3-9-27-17)29-19(14)21(25)23(12-15-5-2-8-26-15)13-16-6-4-10-28-16/h3-4,6-7,9-11,15H,2,5,8,12-13H2,1H3,(H,22,24). The van der Waals surface area contributed by atoms with Gasteiger partial charge in [0.2, 0.25) is 0 Å². The average Bonchev–Trinajstić information content (AvgIpc) is 3.49. The molecule has 8 heteroatoms. The van der Waals surface area contributed by atoms with Crippen LogP contribution >= 0.6 is 22.7 Å². The number of rotatable bonds is 7. The van der Waals surface area contributed by atoms with Crippen molar-refractivity contribution >= 4 is 39.5 Å². The van der Waals surface area contributed by atoms with Crippen LogP contribution in [0.2, 0.25) is 0 Å². The molecule has 1 N–H and O–H groups in total. The summed E-state index contributed by atoms with van der Waals surface area (Å²) in [5, 5.41) is 5.45. The zero-order chi connectivity index (χ0) is 20.2. The van der Waals surface area contributed by atoms with E-state index in [1.165, 1.54) is 17.6 Å². The van der Waals surface area contributed by atoms with Gasteiger partial charge in [-0.15, -0.1) is 22.7 Å². The molecule has 152 valence electrons. The summed E-state index contributed by atoms with van der Waals surface area (Å²) in [5.41, 5.74) is 0.846. The van der Waals surface area contributed by atoms with Gasteiger partial charge in [-0.2, -0.15) is 0 Å². The maximum Gasteiger partial charge on any atom is 0.291 e. The number of hydrogen-bond acceptors (Lipinski definition) is 6. The summed E-state index contributed by atoms with van der Waals surface area (Å²) in [7, 11) is 0. The van der Waals surface area contributed by atoms with E-state index in [9.17, 15) is 9.59 Å². The number of amides is 2. The Balaban J connectivity index is 1.51. The van der Waals surface area contributed by atoms with Crippen molar-refractivity contribution in [1.82, 2.24) is 4.90 Å². The summed E-state index contributed by atoms with van der Waals surface area (Å²) in [6.07, 6.45) is 3.54. The van der Waals surface area contributed by atoms with Crippen LogP contribution in [-0.4, -0.2) is 36.0 Å². The number of thiophene rings is 2. The lowest BCUT2D eigenvalue weighted by Gasteiger charge is -2.25. The number of nitrogens with zero attached hydrogens (tertiary/aromatic N) is 1.